The van der Waals surface area contributed by atoms with Crippen LogP contribution in [0, 0.1) is 5.41 Å². The topological polar surface area (TPSA) is 26.0 Å². The van der Waals surface area contributed by atoms with E-state index in [0.717, 1.165) is 12.8 Å². The monoisotopic (exact) mass is 217 g/mol. The van der Waals surface area contributed by atoms with E-state index in [1.165, 1.54) is 11.1 Å². The van der Waals surface area contributed by atoms with Gasteiger partial charge in [0.2, 0.25) is 0 Å². The van der Waals surface area contributed by atoms with Crippen LogP contribution in [0.1, 0.15) is 25.3 Å². The summed E-state index contributed by atoms with van der Waals surface area (Å²) in [5.74, 6) is 0. The van der Waals surface area contributed by atoms with Crippen LogP contribution in [0.4, 0.5) is 0 Å². The summed E-state index contributed by atoms with van der Waals surface area (Å²) < 4.78 is 0. The summed E-state index contributed by atoms with van der Waals surface area (Å²) >= 11 is 5.12. The summed E-state index contributed by atoms with van der Waals surface area (Å²) in [7, 11) is 0. The van der Waals surface area contributed by atoms with E-state index in [4.69, 9.17) is 18.0 Å². The lowest BCUT2D eigenvalue weighted by Crippen LogP contribution is -2.30. The maximum atomic E-state index is 5.77. The quantitative estimate of drug-likeness (QED) is 0.770. The Hall–Kier alpha value is -1.15. The van der Waals surface area contributed by atoms with Crippen molar-refractivity contribution in [3.05, 3.63) is 42.0 Å². The lowest BCUT2D eigenvalue weighted by Gasteiger charge is -2.22. The first-order chi connectivity index (χ1) is 7.12. The van der Waals surface area contributed by atoms with Gasteiger partial charge in [-0.2, -0.15) is 0 Å². The number of nitrogens with two attached hydrogens (primary N) is 1. The van der Waals surface area contributed by atoms with Crippen molar-refractivity contribution in [1.82, 2.24) is 0 Å². The molecule has 0 bridgehead atoms. The number of hydrogen-bond acceptors (Lipinski definition) is 1. The lowest BCUT2D eigenvalue weighted by atomic mass is 9.86. The number of hydrogen-bond donors (Lipinski definition) is 1. The summed E-state index contributed by atoms with van der Waals surface area (Å²) in [6, 6.07) is 10.4. The molecule has 2 heteroatoms. The summed E-state index contributed by atoms with van der Waals surface area (Å²) in [5.41, 5.74) is 8.41. The van der Waals surface area contributed by atoms with Crippen molar-refractivity contribution in [1.29, 1.82) is 0 Å². The van der Waals surface area contributed by atoms with Crippen molar-refractivity contribution in [2.24, 2.45) is 11.1 Å². The van der Waals surface area contributed by atoms with E-state index in [-0.39, 0.29) is 5.41 Å². The van der Waals surface area contributed by atoms with E-state index in [0.29, 0.717) is 4.99 Å². The van der Waals surface area contributed by atoms with Crippen LogP contribution in [0.2, 0.25) is 0 Å². The first-order valence-corrected chi connectivity index (χ1v) is 5.57. The zero-order chi connectivity index (χ0) is 10.9. The molecule has 0 spiro atoms. The molecule has 0 aromatic heterocycles. The summed E-state index contributed by atoms with van der Waals surface area (Å²) in [4.78, 5) is 0.629. The van der Waals surface area contributed by atoms with Crippen molar-refractivity contribution in [2.75, 3.05) is 0 Å². The molecule has 1 unspecified atom stereocenters. The molecule has 0 heterocycles. The maximum absolute atomic E-state index is 5.77. The molecule has 1 aromatic rings. The van der Waals surface area contributed by atoms with Gasteiger partial charge in [-0.3, -0.25) is 0 Å². The van der Waals surface area contributed by atoms with Crippen molar-refractivity contribution in [3.8, 4) is 0 Å². The van der Waals surface area contributed by atoms with E-state index >= 15 is 0 Å². The Kier molecular flexibility index (Phi) is 2.61. The van der Waals surface area contributed by atoms with Crippen LogP contribution in [0.3, 0.4) is 0 Å². The highest BCUT2D eigenvalue weighted by Gasteiger charge is 2.32. The minimum Gasteiger partial charge on any atom is -0.393 e. The highest BCUT2D eigenvalue weighted by Crippen LogP contribution is 2.41. The van der Waals surface area contributed by atoms with E-state index < -0.39 is 0 Å². The Morgan fingerprint density at radius 1 is 1.33 bits per heavy atom. The van der Waals surface area contributed by atoms with Gasteiger partial charge in [0.1, 0.15) is 0 Å². The highest BCUT2D eigenvalue weighted by atomic mass is 32.1. The van der Waals surface area contributed by atoms with Gasteiger partial charge in [-0.25, -0.2) is 0 Å². The van der Waals surface area contributed by atoms with Gasteiger partial charge in [-0.15, -0.1) is 0 Å². The fourth-order valence-electron chi connectivity index (χ4n) is 1.97. The molecular formula is C13H15NS. The largest absolute Gasteiger partial charge is 0.393 e. The van der Waals surface area contributed by atoms with Gasteiger partial charge in [-0.05, 0) is 24.0 Å². The van der Waals surface area contributed by atoms with Crippen molar-refractivity contribution >= 4 is 22.8 Å². The molecule has 0 fully saturated rings. The molecule has 1 nitrogen and oxygen atoms in total. The van der Waals surface area contributed by atoms with Gasteiger partial charge in [0.25, 0.3) is 0 Å². The third kappa shape index (κ3) is 1.95. The summed E-state index contributed by atoms with van der Waals surface area (Å²) in [6.45, 7) is 2.14. The number of allylic oxidation sites excluding steroid dienone is 2. The summed E-state index contributed by atoms with van der Waals surface area (Å²) in [6.07, 6.45) is 4.19. The van der Waals surface area contributed by atoms with Crippen molar-refractivity contribution in [2.45, 2.75) is 19.8 Å². The number of thiocarbonyl (C=S) groups is 1. The Balaban J connectivity index is 2.21. The SMILES string of the molecule is CC1(C(N)=S)CC=C(c2ccccc2)C1. The molecule has 78 valence electrons. The van der Waals surface area contributed by atoms with Gasteiger partial charge in [0, 0.05) is 5.41 Å². The molecule has 0 saturated carbocycles. The molecule has 2 rings (SSSR count). The van der Waals surface area contributed by atoms with E-state index in [1.54, 1.807) is 0 Å². The molecule has 0 aliphatic heterocycles. The van der Waals surface area contributed by atoms with E-state index in [1.807, 2.05) is 6.07 Å². The predicted octanol–water partition coefficient (Wildman–Crippen LogP) is 3.16. The molecule has 0 amide bonds. The standard InChI is InChI=1S/C13H15NS/c1-13(12(14)15)8-7-11(9-13)10-5-3-2-4-6-10/h2-7H,8-9H2,1H3,(H2,14,15). The summed E-state index contributed by atoms with van der Waals surface area (Å²) in [5, 5.41) is 0. The average molecular weight is 217 g/mol. The van der Waals surface area contributed by atoms with Crippen LogP contribution in [0.25, 0.3) is 5.57 Å². The number of benzene rings is 1. The molecule has 1 aliphatic rings. The second-order valence-electron chi connectivity index (χ2n) is 4.40. The van der Waals surface area contributed by atoms with Gasteiger partial charge in [0.15, 0.2) is 0 Å². The van der Waals surface area contributed by atoms with E-state index in [2.05, 4.69) is 37.3 Å². The van der Waals surface area contributed by atoms with Crippen LogP contribution >= 0.6 is 12.2 Å². The first kappa shape index (κ1) is 10.4. The molecule has 0 saturated heterocycles. The molecular weight excluding hydrogens is 202 g/mol. The number of rotatable bonds is 2. The minimum absolute atomic E-state index is 0.0134. The maximum Gasteiger partial charge on any atom is 0.0793 e. The van der Waals surface area contributed by atoms with Crippen LogP contribution in [0.5, 0.6) is 0 Å². The van der Waals surface area contributed by atoms with Gasteiger partial charge in [-0.1, -0.05) is 55.5 Å². The zero-order valence-corrected chi connectivity index (χ0v) is 9.68. The van der Waals surface area contributed by atoms with Crippen molar-refractivity contribution in [3.63, 3.8) is 0 Å². The Bertz CT molecular complexity index is 408. The molecule has 2 N–H and O–H groups in total. The van der Waals surface area contributed by atoms with Gasteiger partial charge in [0.05, 0.1) is 4.99 Å². The molecule has 0 radical (unpaired) electrons. The van der Waals surface area contributed by atoms with Crippen LogP contribution in [-0.4, -0.2) is 4.99 Å². The third-order valence-electron chi connectivity index (χ3n) is 3.12. The predicted molar refractivity (Wildman–Crippen MR) is 68.5 cm³/mol. The minimum atomic E-state index is -0.0134. The lowest BCUT2D eigenvalue weighted by molar-refractivity contribution is 0.516. The third-order valence-corrected chi connectivity index (χ3v) is 3.61. The molecule has 1 atom stereocenters. The van der Waals surface area contributed by atoms with E-state index in [9.17, 15) is 0 Å². The zero-order valence-electron chi connectivity index (χ0n) is 8.86. The Morgan fingerprint density at radius 3 is 2.53 bits per heavy atom. The molecule has 1 aromatic carbocycles. The normalized spacial score (nSPS) is 25.0. The van der Waals surface area contributed by atoms with Crippen molar-refractivity contribution < 1.29 is 0 Å². The second kappa shape index (κ2) is 3.78. The smallest absolute Gasteiger partial charge is 0.0793 e. The van der Waals surface area contributed by atoms with Gasteiger partial charge < -0.3 is 5.73 Å². The van der Waals surface area contributed by atoms with Crippen LogP contribution in [0.15, 0.2) is 36.4 Å². The Labute approximate surface area is 96.0 Å². The van der Waals surface area contributed by atoms with Crippen LogP contribution in [-0.2, 0) is 0 Å². The van der Waals surface area contributed by atoms with Crippen LogP contribution < -0.4 is 5.73 Å². The highest BCUT2D eigenvalue weighted by molar-refractivity contribution is 7.80. The molecule has 1 aliphatic carbocycles. The fourth-order valence-corrected chi connectivity index (χ4v) is 2.13. The second-order valence-corrected chi connectivity index (χ2v) is 4.84. The molecule has 15 heavy (non-hydrogen) atoms. The fraction of sp³-hybridized carbons (Fsp3) is 0.308. The first-order valence-electron chi connectivity index (χ1n) is 5.16. The van der Waals surface area contributed by atoms with Gasteiger partial charge >= 0.3 is 0 Å². The average Bonchev–Trinajstić information content (AvgIpc) is 2.64. The Morgan fingerprint density at radius 2 is 2.00 bits per heavy atom.